The van der Waals surface area contributed by atoms with Crippen LogP contribution in [0.15, 0.2) is 194 Å². The molecule has 12 rings (SSSR count). The molecule has 0 aromatic heterocycles. The molecular formula is C68H64BN3O2. The van der Waals surface area contributed by atoms with E-state index in [-0.39, 0.29) is 29.8 Å². The topological polar surface area (TPSA) is 28.2 Å². The summed E-state index contributed by atoms with van der Waals surface area (Å²) >= 11 is 0. The second-order valence-electron chi connectivity index (χ2n) is 23.6. The van der Waals surface area contributed by atoms with Gasteiger partial charge in [0, 0.05) is 57.3 Å². The highest BCUT2D eigenvalue weighted by Crippen LogP contribution is 2.50. The normalized spacial score (nSPS) is 13.6. The summed E-state index contributed by atoms with van der Waals surface area (Å²) in [5.74, 6) is 1.54. The van der Waals surface area contributed by atoms with Crippen LogP contribution in [0.2, 0.25) is 0 Å². The molecule has 0 aliphatic carbocycles. The van der Waals surface area contributed by atoms with E-state index >= 15 is 0 Å². The molecule has 0 fully saturated rings. The van der Waals surface area contributed by atoms with E-state index in [0.717, 1.165) is 73.8 Å². The Labute approximate surface area is 438 Å². The second kappa shape index (κ2) is 17.6. The Morgan fingerprint density at radius 2 is 0.851 bits per heavy atom. The molecule has 3 aliphatic rings. The Morgan fingerprint density at radius 1 is 0.392 bits per heavy atom. The molecule has 74 heavy (non-hydrogen) atoms. The molecule has 5 nitrogen and oxygen atoms in total. The molecule has 3 heterocycles. The van der Waals surface area contributed by atoms with Gasteiger partial charge in [-0.3, -0.25) is 0 Å². The Balaban J connectivity index is 1.15. The third-order valence-corrected chi connectivity index (χ3v) is 15.3. The summed E-state index contributed by atoms with van der Waals surface area (Å²) in [7, 11) is 0. The van der Waals surface area contributed by atoms with Crippen molar-refractivity contribution in [2.24, 2.45) is 0 Å². The number of nitrogens with zero attached hydrogens (tertiary/aromatic N) is 3. The van der Waals surface area contributed by atoms with Crippen LogP contribution in [-0.4, -0.2) is 13.5 Å². The van der Waals surface area contributed by atoms with Crippen LogP contribution in [0.3, 0.4) is 0 Å². The van der Waals surface area contributed by atoms with Crippen molar-refractivity contribution in [3.05, 3.63) is 216 Å². The monoisotopic (exact) mass is 966 g/mol. The zero-order valence-corrected chi connectivity index (χ0v) is 44.4. The number of ether oxygens (including phenoxy) is 2. The van der Waals surface area contributed by atoms with Crippen LogP contribution in [0, 0.1) is 6.92 Å². The maximum atomic E-state index is 6.24. The average Bonchev–Trinajstić information content (AvgIpc) is 3.88. The molecule has 6 heteroatoms. The summed E-state index contributed by atoms with van der Waals surface area (Å²) in [5.41, 5.74) is 23.4. The molecule has 366 valence electrons. The summed E-state index contributed by atoms with van der Waals surface area (Å²) in [4.78, 5) is 7.40. The highest BCUT2D eigenvalue weighted by Gasteiger charge is 2.45. The lowest BCUT2D eigenvalue weighted by Gasteiger charge is -2.45. The Bertz CT molecular complexity index is 3470. The van der Waals surface area contributed by atoms with E-state index in [0.29, 0.717) is 0 Å². The van der Waals surface area contributed by atoms with E-state index in [4.69, 9.17) is 9.47 Å². The van der Waals surface area contributed by atoms with Gasteiger partial charge in [0.15, 0.2) is 11.5 Å². The minimum Gasteiger partial charge on any atom is -0.454 e. The first-order valence-electron chi connectivity index (χ1n) is 26.2. The van der Waals surface area contributed by atoms with Crippen molar-refractivity contribution in [3.8, 4) is 33.8 Å². The van der Waals surface area contributed by atoms with Crippen molar-refractivity contribution in [2.75, 3.05) is 21.5 Å². The van der Waals surface area contributed by atoms with E-state index in [1.54, 1.807) is 0 Å². The van der Waals surface area contributed by atoms with Crippen LogP contribution < -0.4 is 40.6 Å². The van der Waals surface area contributed by atoms with Crippen molar-refractivity contribution >= 4 is 74.3 Å². The van der Waals surface area contributed by atoms with Crippen LogP contribution in [-0.2, 0) is 16.2 Å². The van der Waals surface area contributed by atoms with E-state index in [2.05, 4.69) is 278 Å². The number of hydrogen-bond acceptors (Lipinski definition) is 5. The van der Waals surface area contributed by atoms with Gasteiger partial charge in [-0.05, 0) is 169 Å². The van der Waals surface area contributed by atoms with Gasteiger partial charge in [-0.2, -0.15) is 0 Å². The van der Waals surface area contributed by atoms with Gasteiger partial charge in [-0.25, -0.2) is 0 Å². The highest BCUT2D eigenvalue weighted by molar-refractivity contribution is 7.00. The van der Waals surface area contributed by atoms with Crippen LogP contribution in [0.4, 0.5) is 51.2 Å². The number of fused-ring (bicyclic) bond motifs is 5. The fraction of sp³-hybridized carbons (Fsp3) is 0.206. The fourth-order valence-corrected chi connectivity index (χ4v) is 11.3. The van der Waals surface area contributed by atoms with Gasteiger partial charge in [0.1, 0.15) is 0 Å². The number of aryl methyl sites for hydroxylation is 1. The van der Waals surface area contributed by atoms with Crippen LogP contribution in [0.25, 0.3) is 22.3 Å². The Kier molecular flexibility index (Phi) is 11.2. The average molecular weight is 966 g/mol. The van der Waals surface area contributed by atoms with Crippen molar-refractivity contribution in [1.82, 2.24) is 0 Å². The van der Waals surface area contributed by atoms with Crippen molar-refractivity contribution < 1.29 is 9.47 Å². The lowest BCUT2D eigenvalue weighted by Crippen LogP contribution is -2.61. The minimum atomic E-state index is -0.130. The minimum absolute atomic E-state index is 0.00818. The first-order valence-corrected chi connectivity index (χ1v) is 26.2. The van der Waals surface area contributed by atoms with Crippen molar-refractivity contribution in [1.29, 1.82) is 0 Å². The molecule has 0 spiro atoms. The molecule has 0 unspecified atom stereocenters. The maximum Gasteiger partial charge on any atom is 0.252 e. The van der Waals surface area contributed by atoms with Gasteiger partial charge in [-0.15, -0.1) is 0 Å². The zero-order chi connectivity index (χ0) is 51.3. The number of benzene rings is 9. The zero-order valence-electron chi connectivity index (χ0n) is 44.4. The van der Waals surface area contributed by atoms with E-state index in [9.17, 15) is 0 Å². The largest absolute Gasteiger partial charge is 0.454 e. The first-order chi connectivity index (χ1) is 35.5. The number of rotatable bonds is 7. The summed E-state index contributed by atoms with van der Waals surface area (Å²) in [6.45, 7) is 22.8. The molecule has 0 amide bonds. The lowest BCUT2D eigenvalue weighted by molar-refractivity contribution is 0.174. The van der Waals surface area contributed by atoms with Gasteiger partial charge < -0.3 is 24.2 Å². The molecule has 0 saturated heterocycles. The molecule has 9 aromatic rings. The van der Waals surface area contributed by atoms with E-state index in [1.165, 1.54) is 49.8 Å². The number of hydrogen-bond donors (Lipinski definition) is 0. The van der Waals surface area contributed by atoms with Gasteiger partial charge in [0.2, 0.25) is 6.79 Å². The summed E-state index contributed by atoms with van der Waals surface area (Å²) in [6.07, 6.45) is 0. The van der Waals surface area contributed by atoms with Gasteiger partial charge in [0.05, 0.1) is 0 Å². The lowest BCUT2D eigenvalue weighted by atomic mass is 9.33. The molecule has 9 aromatic carbocycles. The Morgan fingerprint density at radius 3 is 1.35 bits per heavy atom. The first kappa shape index (κ1) is 47.1. The SMILES string of the molecule is Cc1cc2c3c(c1)N(c1ccc(C(C)(C)C)cc1)c1cc4c(cc1B3c1ccc(N(c3ccccc3)c3ccccc3)cc1N2c1cc(-c2ccc(C(C)(C)C)cc2)cc(-c2ccc(C(C)(C)C)cc2)c1)OCO4. The van der Waals surface area contributed by atoms with Crippen molar-refractivity contribution in [3.63, 3.8) is 0 Å². The van der Waals surface area contributed by atoms with Crippen LogP contribution in [0.1, 0.15) is 84.6 Å². The summed E-state index contributed by atoms with van der Waals surface area (Å²) in [6, 6.07) is 72.6. The molecule has 0 radical (unpaired) electrons. The summed E-state index contributed by atoms with van der Waals surface area (Å²) < 4.78 is 12.4. The van der Waals surface area contributed by atoms with Crippen molar-refractivity contribution in [2.45, 2.75) is 85.5 Å². The molecule has 0 bridgehead atoms. The fourth-order valence-electron chi connectivity index (χ4n) is 11.3. The highest BCUT2D eigenvalue weighted by atomic mass is 16.7. The van der Waals surface area contributed by atoms with Crippen LogP contribution >= 0.6 is 0 Å². The van der Waals surface area contributed by atoms with Gasteiger partial charge >= 0.3 is 0 Å². The maximum absolute atomic E-state index is 6.24. The predicted octanol–water partition coefficient (Wildman–Crippen LogP) is 16.5. The molecule has 0 atom stereocenters. The number of anilines is 9. The van der Waals surface area contributed by atoms with E-state index < -0.39 is 0 Å². The third-order valence-electron chi connectivity index (χ3n) is 15.3. The van der Waals surface area contributed by atoms with E-state index in [1.807, 2.05) is 0 Å². The molecule has 0 N–H and O–H groups in total. The smallest absolute Gasteiger partial charge is 0.252 e. The predicted molar refractivity (Wildman–Crippen MR) is 313 cm³/mol. The third kappa shape index (κ3) is 8.31. The van der Waals surface area contributed by atoms with Crippen LogP contribution in [0.5, 0.6) is 11.5 Å². The molecular weight excluding hydrogens is 902 g/mol. The number of para-hydroxylation sites is 2. The molecule has 3 aliphatic heterocycles. The standard InChI is InChI=1S/C68H64BN3O2/c1-44-35-61-65-62(36-44)72(56-38-47(45-21-25-49(26-22-45)66(2,3)4)37-48(39-56)46-23-27-50(28-24-46)67(5,6)7)59-40-55(70(52-17-13-11-14-18-52)53-19-15-12-16-20-53)33-34-57(59)69(65)58-41-63-64(74-43-73-63)42-60(58)71(61)54-31-29-51(30-32-54)68(8,9)10/h11-42H,43H2,1-10H3. The quantitative estimate of drug-likeness (QED) is 0.148. The summed E-state index contributed by atoms with van der Waals surface area (Å²) in [5, 5.41) is 0. The Hall–Kier alpha value is -7.96. The molecule has 0 saturated carbocycles. The van der Waals surface area contributed by atoms with Gasteiger partial charge in [0.25, 0.3) is 6.71 Å². The van der Waals surface area contributed by atoms with Gasteiger partial charge in [-0.1, -0.05) is 165 Å². The second-order valence-corrected chi connectivity index (χ2v) is 23.6.